The average Bonchev–Trinajstić information content (AvgIpc) is 2.02. The van der Waals surface area contributed by atoms with Crippen LogP contribution >= 0.6 is 11.6 Å². The third-order valence-corrected chi connectivity index (χ3v) is 1.85. The van der Waals surface area contributed by atoms with E-state index in [9.17, 15) is 12.9 Å². The number of rotatable bonds is 2. The quantitative estimate of drug-likeness (QED) is 0.680. The van der Waals surface area contributed by atoms with Crippen LogP contribution in [0.2, 0.25) is 5.02 Å². The van der Waals surface area contributed by atoms with Crippen molar-refractivity contribution in [2.24, 2.45) is 0 Å². The molecule has 0 aliphatic heterocycles. The fourth-order valence-corrected chi connectivity index (χ4v) is 1.26. The largest absolute Gasteiger partial charge is 0.513 e. The van der Waals surface area contributed by atoms with Crippen LogP contribution in [0.3, 0.4) is 0 Å². The van der Waals surface area contributed by atoms with Crippen LogP contribution in [0.1, 0.15) is 0 Å². The fraction of sp³-hybridized carbons (Fsp3) is 0.143. The van der Waals surface area contributed by atoms with Crippen LogP contribution in [-0.4, -0.2) is 14.1 Å². The first-order chi connectivity index (χ1) is 5.96. The minimum atomic E-state index is -5.07. The Balaban J connectivity index is 3.29. The van der Waals surface area contributed by atoms with Gasteiger partial charge in [0.1, 0.15) is 5.75 Å². The molecule has 0 N–H and O–H groups in total. The number of hydrogen-bond acceptors (Lipinski definition) is 1. The first-order valence-electron chi connectivity index (χ1n) is 3.49. The zero-order chi connectivity index (χ0) is 10.1. The normalized spacial score (nSPS) is 11.5. The summed E-state index contributed by atoms with van der Waals surface area (Å²) in [6.45, 7) is -5.07. The Bertz CT molecular complexity index is 313. The number of hydrogen-bond donors (Lipinski definition) is 0. The van der Waals surface area contributed by atoms with E-state index in [0.29, 0.717) is 0 Å². The van der Waals surface area contributed by atoms with Crippen molar-refractivity contribution < 1.29 is 17.7 Å². The molecule has 0 aliphatic carbocycles. The average molecular weight is 209 g/mol. The molecule has 0 unspecified atom stereocenters. The lowest BCUT2D eigenvalue weighted by Gasteiger charge is -2.19. The molecule has 6 heteroatoms. The van der Waals surface area contributed by atoms with E-state index in [0.717, 1.165) is 13.2 Å². The molecule has 0 radical (unpaired) electrons. The Morgan fingerprint density at radius 1 is 1.31 bits per heavy atom. The molecule has 0 saturated heterocycles. The van der Waals surface area contributed by atoms with Gasteiger partial charge in [-0.1, -0.05) is 29.2 Å². The van der Waals surface area contributed by atoms with Gasteiger partial charge in [-0.3, -0.25) is 0 Å². The predicted molar refractivity (Wildman–Crippen MR) is 46.7 cm³/mol. The number of para-hydroxylation sites is 1. The van der Waals surface area contributed by atoms with Crippen LogP contribution in [-0.2, 0) is 0 Å². The van der Waals surface area contributed by atoms with Gasteiger partial charge in [0.05, 0.1) is 12.1 Å². The van der Waals surface area contributed by atoms with Crippen molar-refractivity contribution in [3.8, 4) is 5.75 Å². The van der Waals surface area contributed by atoms with Crippen molar-refractivity contribution in [2.45, 2.75) is 0 Å². The van der Waals surface area contributed by atoms with E-state index >= 15 is 0 Å². The summed E-state index contributed by atoms with van der Waals surface area (Å²) >= 11 is 5.52. The van der Waals surface area contributed by atoms with Gasteiger partial charge in [-0.2, -0.15) is 0 Å². The Hall–Kier alpha value is -0.835. The van der Waals surface area contributed by atoms with Gasteiger partial charge in [0.25, 0.3) is 0 Å². The third-order valence-electron chi connectivity index (χ3n) is 1.55. The van der Waals surface area contributed by atoms with Crippen molar-refractivity contribution in [3.05, 3.63) is 23.2 Å². The van der Waals surface area contributed by atoms with Crippen LogP contribution in [0, 0.1) is 0 Å². The maximum absolute atomic E-state index is 12.3. The highest BCUT2D eigenvalue weighted by Crippen LogP contribution is 2.25. The summed E-state index contributed by atoms with van der Waals surface area (Å²) in [5.74, 6) is -0.309. The molecule has 0 heterocycles. The first-order valence-corrected chi connectivity index (χ1v) is 3.87. The molecule has 0 atom stereocenters. The van der Waals surface area contributed by atoms with Crippen molar-refractivity contribution >= 4 is 24.0 Å². The van der Waals surface area contributed by atoms with Crippen LogP contribution in [0.25, 0.3) is 0 Å². The van der Waals surface area contributed by atoms with Crippen molar-refractivity contribution in [1.29, 1.82) is 0 Å². The van der Waals surface area contributed by atoms with Crippen LogP contribution < -0.4 is 10.2 Å². The molecule has 72 valence electrons. The molecule has 0 amide bonds. The molecule has 0 aliphatic rings. The van der Waals surface area contributed by atoms with Gasteiger partial charge in [0, 0.05) is 0 Å². The maximum atomic E-state index is 12.3. The van der Waals surface area contributed by atoms with Gasteiger partial charge in [-0.05, 0) is 6.07 Å². The topological polar surface area (TPSA) is 9.23 Å². The third kappa shape index (κ3) is 2.09. The zero-order valence-electron chi connectivity index (χ0n) is 6.73. The van der Waals surface area contributed by atoms with E-state index in [1.165, 1.54) is 12.1 Å². The summed E-state index contributed by atoms with van der Waals surface area (Å²) in [6.07, 6.45) is 0. The van der Waals surface area contributed by atoms with E-state index in [2.05, 4.69) is 4.74 Å². The van der Waals surface area contributed by atoms with Crippen LogP contribution in [0.4, 0.5) is 12.9 Å². The van der Waals surface area contributed by atoms with Crippen molar-refractivity contribution in [2.75, 3.05) is 7.11 Å². The lowest BCUT2D eigenvalue weighted by atomic mass is 9.79. The number of ether oxygens (including phenoxy) is 1. The van der Waals surface area contributed by atoms with Gasteiger partial charge in [-0.25, -0.2) is 0 Å². The summed E-state index contributed by atoms with van der Waals surface area (Å²) in [5.41, 5.74) is -0.796. The monoisotopic (exact) mass is 209 g/mol. The predicted octanol–water partition coefficient (Wildman–Crippen LogP) is 2.40. The van der Waals surface area contributed by atoms with E-state index in [1.54, 1.807) is 0 Å². The molecule has 0 bridgehead atoms. The Kier molecular flexibility index (Phi) is 2.76. The van der Waals surface area contributed by atoms with Crippen LogP contribution in [0.5, 0.6) is 5.75 Å². The van der Waals surface area contributed by atoms with E-state index in [4.69, 9.17) is 11.6 Å². The lowest BCUT2D eigenvalue weighted by molar-refractivity contribution is 0.413. The molecule has 1 nitrogen and oxygen atoms in total. The molecule has 0 saturated carbocycles. The molecule has 0 aromatic heterocycles. The molecular formula is C7H6BClF3O-. The minimum Gasteiger partial charge on any atom is -0.498 e. The second-order valence-corrected chi connectivity index (χ2v) is 2.84. The molecular weight excluding hydrogens is 203 g/mol. The number of methoxy groups -OCH3 is 1. The summed E-state index contributed by atoms with van der Waals surface area (Å²) in [5, 5.41) is -0.0285. The second-order valence-electron chi connectivity index (χ2n) is 2.44. The SMILES string of the molecule is COc1c(Cl)cccc1[B-](F)(F)F. The molecule has 1 rings (SSSR count). The first kappa shape index (κ1) is 10.2. The van der Waals surface area contributed by atoms with E-state index < -0.39 is 12.4 Å². The Morgan fingerprint density at radius 3 is 2.31 bits per heavy atom. The molecule has 0 fully saturated rings. The maximum Gasteiger partial charge on any atom is 0.513 e. The molecule has 1 aromatic carbocycles. The fourth-order valence-electron chi connectivity index (χ4n) is 0.999. The minimum absolute atomic E-state index is 0.0285. The van der Waals surface area contributed by atoms with E-state index in [-0.39, 0.29) is 10.8 Å². The van der Waals surface area contributed by atoms with Crippen molar-refractivity contribution in [3.63, 3.8) is 0 Å². The molecule has 13 heavy (non-hydrogen) atoms. The summed E-state index contributed by atoms with van der Waals surface area (Å²) in [6, 6.07) is 3.55. The summed E-state index contributed by atoms with van der Waals surface area (Å²) in [7, 11) is 1.16. The highest BCUT2D eigenvalue weighted by atomic mass is 35.5. The standard InChI is InChI=1S/C7H6BClF3O/c1-13-7-5(8(10,11)12)3-2-4-6(7)9/h2-4H,1H3/q-1. The van der Waals surface area contributed by atoms with Gasteiger partial charge >= 0.3 is 6.98 Å². The van der Waals surface area contributed by atoms with Gasteiger partial charge in [-0.15, -0.1) is 0 Å². The number of benzene rings is 1. The second kappa shape index (κ2) is 3.50. The van der Waals surface area contributed by atoms with Gasteiger partial charge < -0.3 is 17.7 Å². The highest BCUT2D eigenvalue weighted by Gasteiger charge is 2.29. The van der Waals surface area contributed by atoms with Gasteiger partial charge in [0.2, 0.25) is 0 Å². The summed E-state index contributed by atoms with van der Waals surface area (Å²) in [4.78, 5) is 0. The Morgan fingerprint density at radius 2 is 1.92 bits per heavy atom. The van der Waals surface area contributed by atoms with Gasteiger partial charge in [0.15, 0.2) is 0 Å². The van der Waals surface area contributed by atoms with Crippen molar-refractivity contribution in [1.82, 2.24) is 0 Å². The summed E-state index contributed by atoms with van der Waals surface area (Å²) < 4.78 is 41.6. The smallest absolute Gasteiger partial charge is 0.498 e. The van der Waals surface area contributed by atoms with E-state index in [1.807, 2.05) is 0 Å². The number of halogens is 4. The molecule has 0 spiro atoms. The van der Waals surface area contributed by atoms with Crippen LogP contribution in [0.15, 0.2) is 18.2 Å². The Labute approximate surface area is 78.5 Å². The zero-order valence-corrected chi connectivity index (χ0v) is 7.49. The highest BCUT2D eigenvalue weighted by molar-refractivity contribution is 6.74. The molecule has 1 aromatic rings. The lowest BCUT2D eigenvalue weighted by Crippen LogP contribution is -2.35.